The van der Waals surface area contributed by atoms with Gasteiger partial charge >= 0.3 is 0 Å². The monoisotopic (exact) mass is 195 g/mol. The highest BCUT2D eigenvalue weighted by atomic mass is 16.3. The summed E-state index contributed by atoms with van der Waals surface area (Å²) in [6, 6.07) is 4.42. The van der Waals surface area contributed by atoms with Crippen LogP contribution in [0.4, 0.5) is 5.69 Å². The van der Waals surface area contributed by atoms with Crippen LogP contribution in [0.3, 0.4) is 0 Å². The predicted molar refractivity (Wildman–Crippen MR) is 53.2 cm³/mol. The zero-order chi connectivity index (χ0) is 10.7. The lowest BCUT2D eigenvalue weighted by atomic mass is 10.2. The molecule has 76 valence electrons. The van der Waals surface area contributed by atoms with Crippen molar-refractivity contribution >= 4 is 11.6 Å². The Balaban J connectivity index is 2.87. The fourth-order valence-electron chi connectivity index (χ4n) is 0.909. The summed E-state index contributed by atoms with van der Waals surface area (Å²) in [6.07, 6.45) is 0. The fourth-order valence-corrected chi connectivity index (χ4v) is 0.909. The molecule has 1 aromatic rings. The number of hydrogen-bond acceptors (Lipinski definition) is 3. The van der Waals surface area contributed by atoms with E-state index in [9.17, 15) is 9.90 Å². The van der Waals surface area contributed by atoms with Crippen molar-refractivity contribution in [3.63, 3.8) is 0 Å². The lowest BCUT2D eigenvalue weighted by molar-refractivity contribution is -0.118. The fraction of sp³-hybridized carbons (Fsp3) is 0.300. The zero-order valence-electron chi connectivity index (χ0n) is 8.11. The number of carbonyl (C=O) groups excluding carboxylic acids is 1. The molecule has 1 rings (SSSR count). The van der Waals surface area contributed by atoms with E-state index in [-0.39, 0.29) is 29.0 Å². The number of benzene rings is 1. The van der Waals surface area contributed by atoms with Crippen LogP contribution < -0.4 is 5.32 Å². The highest BCUT2D eigenvalue weighted by Crippen LogP contribution is 2.32. The van der Waals surface area contributed by atoms with E-state index in [0.717, 1.165) is 0 Å². The van der Waals surface area contributed by atoms with Gasteiger partial charge in [-0.2, -0.15) is 0 Å². The second-order valence-corrected chi connectivity index (χ2v) is 3.32. The Kier molecular flexibility index (Phi) is 2.96. The molecule has 4 heteroatoms. The molecule has 0 bridgehead atoms. The largest absolute Gasteiger partial charge is 0.504 e. The summed E-state index contributed by atoms with van der Waals surface area (Å²) in [5.41, 5.74) is 0.226. The smallest absolute Gasteiger partial charge is 0.227 e. The molecule has 0 aliphatic heterocycles. The molecule has 3 N–H and O–H groups in total. The van der Waals surface area contributed by atoms with Crippen molar-refractivity contribution in [2.75, 3.05) is 5.32 Å². The molecule has 4 nitrogen and oxygen atoms in total. The van der Waals surface area contributed by atoms with Crippen molar-refractivity contribution in [2.24, 2.45) is 5.92 Å². The Morgan fingerprint density at radius 2 is 2.00 bits per heavy atom. The normalized spacial score (nSPS) is 10.2. The van der Waals surface area contributed by atoms with Crippen molar-refractivity contribution < 1.29 is 15.0 Å². The molecule has 0 aromatic heterocycles. The third-order valence-electron chi connectivity index (χ3n) is 1.80. The highest BCUT2D eigenvalue weighted by molar-refractivity contribution is 5.93. The van der Waals surface area contributed by atoms with Crippen molar-refractivity contribution in [1.82, 2.24) is 0 Å². The van der Waals surface area contributed by atoms with Gasteiger partial charge in [0.15, 0.2) is 11.5 Å². The number of rotatable bonds is 2. The molecular weight excluding hydrogens is 182 g/mol. The van der Waals surface area contributed by atoms with Crippen molar-refractivity contribution in [1.29, 1.82) is 0 Å². The molecule has 0 spiro atoms. The molecular formula is C10H13NO3. The Morgan fingerprint density at radius 3 is 2.57 bits per heavy atom. The maximum Gasteiger partial charge on any atom is 0.227 e. The van der Waals surface area contributed by atoms with Crippen LogP contribution in [-0.4, -0.2) is 16.1 Å². The van der Waals surface area contributed by atoms with Gasteiger partial charge in [-0.1, -0.05) is 19.9 Å². The second-order valence-electron chi connectivity index (χ2n) is 3.32. The number of carbonyl (C=O) groups is 1. The summed E-state index contributed by atoms with van der Waals surface area (Å²) in [5.74, 6) is -0.921. The SMILES string of the molecule is CC(C)C(=O)Nc1cccc(O)c1O. The molecule has 14 heavy (non-hydrogen) atoms. The highest BCUT2D eigenvalue weighted by Gasteiger charge is 2.11. The number of phenolic OH excluding ortho intramolecular Hbond substituents is 2. The van der Waals surface area contributed by atoms with E-state index >= 15 is 0 Å². The molecule has 0 aliphatic carbocycles. The summed E-state index contributed by atoms with van der Waals surface area (Å²) >= 11 is 0. The standard InChI is InChI=1S/C10H13NO3/c1-6(2)10(14)11-7-4-3-5-8(12)9(7)13/h3-6,12-13H,1-2H3,(H,11,14). The number of nitrogens with one attached hydrogen (secondary N) is 1. The number of phenols is 2. The Labute approximate surface area is 82.2 Å². The van der Waals surface area contributed by atoms with Gasteiger partial charge in [-0.3, -0.25) is 4.79 Å². The third kappa shape index (κ3) is 2.16. The molecule has 0 saturated heterocycles. The Morgan fingerprint density at radius 1 is 1.36 bits per heavy atom. The van der Waals surface area contributed by atoms with Gasteiger partial charge in [0, 0.05) is 5.92 Å². The van der Waals surface area contributed by atoms with Crippen LogP contribution in [0.25, 0.3) is 0 Å². The first kappa shape index (κ1) is 10.4. The van der Waals surface area contributed by atoms with Crippen molar-refractivity contribution in [2.45, 2.75) is 13.8 Å². The number of amides is 1. The van der Waals surface area contributed by atoms with E-state index in [0.29, 0.717) is 0 Å². The molecule has 0 aliphatic rings. The van der Waals surface area contributed by atoms with E-state index in [1.165, 1.54) is 12.1 Å². The minimum atomic E-state index is -0.304. The van der Waals surface area contributed by atoms with E-state index in [1.54, 1.807) is 19.9 Å². The summed E-state index contributed by atoms with van der Waals surface area (Å²) in [4.78, 5) is 11.3. The Bertz CT molecular complexity index is 347. The van der Waals surface area contributed by atoms with Gasteiger partial charge < -0.3 is 15.5 Å². The molecule has 0 heterocycles. The topological polar surface area (TPSA) is 69.6 Å². The van der Waals surface area contributed by atoms with Crippen LogP contribution in [0.1, 0.15) is 13.8 Å². The lowest BCUT2D eigenvalue weighted by Crippen LogP contribution is -2.17. The molecule has 0 saturated carbocycles. The van der Waals surface area contributed by atoms with E-state index in [2.05, 4.69) is 5.32 Å². The summed E-state index contributed by atoms with van der Waals surface area (Å²) < 4.78 is 0. The predicted octanol–water partition coefficient (Wildman–Crippen LogP) is 1.69. The second kappa shape index (κ2) is 4.00. The van der Waals surface area contributed by atoms with Gasteiger partial charge in [0.25, 0.3) is 0 Å². The Hall–Kier alpha value is -1.71. The van der Waals surface area contributed by atoms with Crippen molar-refractivity contribution in [3.05, 3.63) is 18.2 Å². The molecule has 0 radical (unpaired) electrons. The maximum atomic E-state index is 11.3. The van der Waals surface area contributed by atoms with Crippen LogP contribution in [0, 0.1) is 5.92 Å². The number of aromatic hydroxyl groups is 2. The first-order valence-corrected chi connectivity index (χ1v) is 4.34. The lowest BCUT2D eigenvalue weighted by Gasteiger charge is -2.09. The van der Waals surface area contributed by atoms with Crippen LogP contribution in [0.15, 0.2) is 18.2 Å². The van der Waals surface area contributed by atoms with E-state index < -0.39 is 0 Å². The first-order chi connectivity index (χ1) is 6.52. The maximum absolute atomic E-state index is 11.3. The van der Waals surface area contributed by atoms with Gasteiger partial charge in [-0.15, -0.1) is 0 Å². The van der Waals surface area contributed by atoms with E-state index in [1.807, 2.05) is 0 Å². The number of anilines is 1. The summed E-state index contributed by atoms with van der Waals surface area (Å²) in [6.45, 7) is 3.49. The molecule has 0 unspecified atom stereocenters. The minimum Gasteiger partial charge on any atom is -0.504 e. The van der Waals surface area contributed by atoms with Gasteiger partial charge in [0.2, 0.25) is 5.91 Å². The van der Waals surface area contributed by atoms with Crippen LogP contribution in [0.5, 0.6) is 11.5 Å². The van der Waals surface area contributed by atoms with Gasteiger partial charge in [0.1, 0.15) is 0 Å². The average molecular weight is 195 g/mol. The average Bonchev–Trinajstić information content (AvgIpc) is 2.12. The summed E-state index contributed by atoms with van der Waals surface area (Å²) in [7, 11) is 0. The van der Waals surface area contributed by atoms with Gasteiger partial charge in [-0.05, 0) is 12.1 Å². The van der Waals surface area contributed by atoms with Crippen molar-refractivity contribution in [3.8, 4) is 11.5 Å². The van der Waals surface area contributed by atoms with Crippen LogP contribution >= 0.6 is 0 Å². The third-order valence-corrected chi connectivity index (χ3v) is 1.80. The molecule has 0 atom stereocenters. The van der Waals surface area contributed by atoms with Gasteiger partial charge in [-0.25, -0.2) is 0 Å². The van der Waals surface area contributed by atoms with Gasteiger partial charge in [0.05, 0.1) is 5.69 Å². The zero-order valence-corrected chi connectivity index (χ0v) is 8.11. The quantitative estimate of drug-likeness (QED) is 0.629. The number of hydrogen-bond donors (Lipinski definition) is 3. The first-order valence-electron chi connectivity index (χ1n) is 4.34. The summed E-state index contributed by atoms with van der Waals surface area (Å²) in [5, 5.41) is 21.0. The van der Waals surface area contributed by atoms with Crippen LogP contribution in [-0.2, 0) is 4.79 Å². The van der Waals surface area contributed by atoms with E-state index in [4.69, 9.17) is 5.11 Å². The number of para-hydroxylation sites is 1. The molecule has 1 amide bonds. The minimum absolute atomic E-state index is 0.170. The van der Waals surface area contributed by atoms with Crippen LogP contribution in [0.2, 0.25) is 0 Å². The molecule has 1 aromatic carbocycles. The molecule has 0 fully saturated rings.